The van der Waals surface area contributed by atoms with Gasteiger partial charge in [-0.2, -0.15) is 0 Å². The summed E-state index contributed by atoms with van der Waals surface area (Å²) >= 11 is 5.89. The van der Waals surface area contributed by atoms with Crippen molar-refractivity contribution >= 4 is 17.6 Å². The Morgan fingerprint density at radius 2 is 2.39 bits per heavy atom. The average Bonchev–Trinajstić information content (AvgIpc) is 3.11. The lowest BCUT2D eigenvalue weighted by Gasteiger charge is -2.12. The van der Waals surface area contributed by atoms with Crippen molar-refractivity contribution < 1.29 is 14.6 Å². The Morgan fingerprint density at radius 1 is 1.67 bits per heavy atom. The summed E-state index contributed by atoms with van der Waals surface area (Å²) in [6.07, 6.45) is 4.31. The summed E-state index contributed by atoms with van der Waals surface area (Å²) in [4.78, 5) is 15.0. The van der Waals surface area contributed by atoms with Gasteiger partial charge in [0, 0.05) is 11.8 Å². The fourth-order valence-electron chi connectivity index (χ4n) is 1.64. The molecule has 0 bridgehead atoms. The van der Waals surface area contributed by atoms with Crippen LogP contribution in [0.4, 0.5) is 0 Å². The molecule has 0 radical (unpaired) electrons. The van der Waals surface area contributed by atoms with Crippen LogP contribution in [0.1, 0.15) is 25.3 Å². The van der Waals surface area contributed by atoms with Crippen LogP contribution in [-0.2, 0) is 11.2 Å². The first kappa shape index (κ1) is 13.1. The van der Waals surface area contributed by atoms with Crippen molar-refractivity contribution in [1.29, 1.82) is 0 Å². The number of aliphatic carboxylic acids is 1. The van der Waals surface area contributed by atoms with Crippen LogP contribution in [-0.4, -0.2) is 22.7 Å². The number of carboxylic acids is 1. The second kappa shape index (κ2) is 5.57. The van der Waals surface area contributed by atoms with Crippen molar-refractivity contribution in [3.63, 3.8) is 0 Å². The summed E-state index contributed by atoms with van der Waals surface area (Å²) in [5.41, 5.74) is 0.762. The highest BCUT2D eigenvalue weighted by molar-refractivity contribution is 6.30. The van der Waals surface area contributed by atoms with E-state index in [-0.39, 0.29) is 0 Å². The molecule has 0 unspecified atom stereocenters. The molecule has 1 saturated carbocycles. The molecule has 1 fully saturated rings. The first-order valence-corrected chi connectivity index (χ1v) is 6.44. The van der Waals surface area contributed by atoms with Gasteiger partial charge >= 0.3 is 5.97 Å². The molecule has 5 heteroatoms. The first-order valence-electron chi connectivity index (χ1n) is 6.06. The molecule has 4 nitrogen and oxygen atoms in total. The van der Waals surface area contributed by atoms with E-state index in [9.17, 15) is 4.79 Å². The molecule has 1 aliphatic rings. The van der Waals surface area contributed by atoms with E-state index in [0.717, 1.165) is 5.56 Å². The van der Waals surface area contributed by atoms with E-state index >= 15 is 0 Å². The van der Waals surface area contributed by atoms with Gasteiger partial charge in [0.15, 0.2) is 0 Å². The van der Waals surface area contributed by atoms with Crippen LogP contribution in [0, 0.1) is 11.8 Å². The number of rotatable bonds is 6. The average molecular weight is 270 g/mol. The molecule has 0 spiro atoms. The Balaban J connectivity index is 2.08. The molecule has 1 aromatic rings. The maximum Gasteiger partial charge on any atom is 0.306 e. The first-order chi connectivity index (χ1) is 8.56. The van der Waals surface area contributed by atoms with Crippen LogP contribution in [0.5, 0.6) is 5.88 Å². The third-order valence-corrected chi connectivity index (χ3v) is 3.20. The number of carboxylic acid groups (broad SMARTS) is 1. The van der Waals surface area contributed by atoms with E-state index in [4.69, 9.17) is 21.4 Å². The quantitative estimate of drug-likeness (QED) is 0.863. The van der Waals surface area contributed by atoms with Crippen molar-refractivity contribution in [1.82, 2.24) is 4.98 Å². The fourth-order valence-corrected chi connectivity index (χ4v) is 1.82. The third kappa shape index (κ3) is 3.60. The Hall–Kier alpha value is -1.29. The van der Waals surface area contributed by atoms with E-state index in [0.29, 0.717) is 29.8 Å². The van der Waals surface area contributed by atoms with Gasteiger partial charge in [0.2, 0.25) is 5.88 Å². The van der Waals surface area contributed by atoms with Gasteiger partial charge < -0.3 is 9.84 Å². The lowest BCUT2D eigenvalue weighted by Crippen LogP contribution is -2.14. The molecular formula is C13H16ClNO3. The molecule has 1 aromatic heterocycles. The Labute approximate surface area is 111 Å². The molecule has 0 aromatic carbocycles. The predicted molar refractivity (Wildman–Crippen MR) is 68.0 cm³/mol. The molecule has 0 amide bonds. The highest BCUT2D eigenvalue weighted by Gasteiger charge is 2.23. The molecule has 1 atom stereocenters. The van der Waals surface area contributed by atoms with Crippen LogP contribution < -0.4 is 4.74 Å². The summed E-state index contributed by atoms with van der Waals surface area (Å²) in [6, 6.07) is 1.73. The zero-order valence-electron chi connectivity index (χ0n) is 10.2. The summed E-state index contributed by atoms with van der Waals surface area (Å²) in [7, 11) is 0. The van der Waals surface area contributed by atoms with Crippen molar-refractivity contribution in [3.05, 3.63) is 22.8 Å². The molecule has 0 aliphatic heterocycles. The Bertz CT molecular complexity index is 446. The fraction of sp³-hybridized carbons (Fsp3) is 0.538. The maximum atomic E-state index is 10.9. The lowest BCUT2D eigenvalue weighted by atomic mass is 10.0. The monoisotopic (exact) mass is 269 g/mol. The summed E-state index contributed by atoms with van der Waals surface area (Å²) in [6.45, 7) is 2.32. The second-order valence-electron chi connectivity index (χ2n) is 4.82. The third-order valence-electron chi connectivity index (χ3n) is 2.99. The number of ether oxygens (including phenoxy) is 1. The van der Waals surface area contributed by atoms with Crippen LogP contribution in [0.2, 0.25) is 5.02 Å². The van der Waals surface area contributed by atoms with Crippen molar-refractivity contribution in [3.8, 4) is 5.88 Å². The van der Waals surface area contributed by atoms with Gasteiger partial charge in [0.25, 0.3) is 0 Å². The molecule has 0 saturated heterocycles. The number of nitrogens with zero attached hydrogens (tertiary/aromatic N) is 1. The topological polar surface area (TPSA) is 59.4 Å². The number of hydrogen-bond acceptors (Lipinski definition) is 3. The summed E-state index contributed by atoms with van der Waals surface area (Å²) in [5, 5.41) is 9.44. The number of aromatic nitrogens is 1. The zero-order chi connectivity index (χ0) is 13.1. The van der Waals surface area contributed by atoms with Crippen LogP contribution in [0.3, 0.4) is 0 Å². The molecule has 1 aliphatic carbocycles. The molecule has 1 heterocycles. The number of pyridine rings is 1. The number of carbonyl (C=O) groups is 1. The smallest absolute Gasteiger partial charge is 0.306 e. The molecule has 18 heavy (non-hydrogen) atoms. The Morgan fingerprint density at radius 3 is 3.00 bits per heavy atom. The molecule has 1 N–H and O–H groups in total. The number of halogens is 1. The largest absolute Gasteiger partial charge is 0.481 e. The predicted octanol–water partition coefficient (Wildman–Crippen LogP) is 2.79. The zero-order valence-corrected chi connectivity index (χ0v) is 11.0. The van der Waals surface area contributed by atoms with Gasteiger partial charge in [0.05, 0.1) is 17.5 Å². The molecule has 2 rings (SSSR count). The van der Waals surface area contributed by atoms with E-state index in [1.54, 1.807) is 13.0 Å². The van der Waals surface area contributed by atoms with E-state index in [1.165, 1.54) is 19.0 Å². The highest BCUT2D eigenvalue weighted by Crippen LogP contribution is 2.30. The van der Waals surface area contributed by atoms with Crippen LogP contribution in [0.25, 0.3) is 0 Å². The second-order valence-corrected chi connectivity index (χ2v) is 5.25. The minimum Gasteiger partial charge on any atom is -0.481 e. The van der Waals surface area contributed by atoms with Crippen molar-refractivity contribution in [2.24, 2.45) is 11.8 Å². The van der Waals surface area contributed by atoms with Gasteiger partial charge in [-0.05, 0) is 31.2 Å². The normalized spacial score (nSPS) is 16.3. The van der Waals surface area contributed by atoms with E-state index in [1.807, 2.05) is 0 Å². The van der Waals surface area contributed by atoms with Crippen LogP contribution in [0.15, 0.2) is 12.3 Å². The highest BCUT2D eigenvalue weighted by atomic mass is 35.5. The standard InChI is InChI=1S/C13H16ClNO3/c1-8(13(16)17)4-10-5-11(14)6-15-12(10)18-7-9-2-3-9/h5-6,8-9H,2-4,7H2,1H3,(H,16,17)/t8-/m0/s1. The van der Waals surface area contributed by atoms with Gasteiger partial charge in [-0.25, -0.2) is 4.98 Å². The van der Waals surface area contributed by atoms with Gasteiger partial charge in [-0.1, -0.05) is 18.5 Å². The van der Waals surface area contributed by atoms with Gasteiger partial charge in [-0.3, -0.25) is 4.79 Å². The maximum absolute atomic E-state index is 10.9. The SMILES string of the molecule is C[C@@H](Cc1cc(Cl)cnc1OCC1CC1)C(=O)O. The van der Waals surface area contributed by atoms with Gasteiger partial charge in [0.1, 0.15) is 0 Å². The number of hydrogen-bond donors (Lipinski definition) is 1. The van der Waals surface area contributed by atoms with E-state index in [2.05, 4.69) is 4.98 Å². The molecular weight excluding hydrogens is 254 g/mol. The van der Waals surface area contributed by atoms with E-state index < -0.39 is 11.9 Å². The van der Waals surface area contributed by atoms with Crippen molar-refractivity contribution in [2.45, 2.75) is 26.2 Å². The lowest BCUT2D eigenvalue weighted by molar-refractivity contribution is -0.141. The summed E-state index contributed by atoms with van der Waals surface area (Å²) in [5.74, 6) is -0.164. The minimum absolute atomic E-state index is 0.378. The minimum atomic E-state index is -0.830. The Kier molecular flexibility index (Phi) is 4.07. The summed E-state index contributed by atoms with van der Waals surface area (Å²) < 4.78 is 5.63. The van der Waals surface area contributed by atoms with Gasteiger partial charge in [-0.15, -0.1) is 0 Å². The van der Waals surface area contributed by atoms with Crippen LogP contribution >= 0.6 is 11.6 Å². The van der Waals surface area contributed by atoms with Crippen molar-refractivity contribution in [2.75, 3.05) is 6.61 Å². The molecule has 98 valence electrons.